The Bertz CT molecular complexity index is 683. The van der Waals surface area contributed by atoms with Crippen LogP contribution in [0.25, 0.3) is 0 Å². The zero-order valence-corrected chi connectivity index (χ0v) is 11.6. The van der Waals surface area contributed by atoms with Gasteiger partial charge in [-0.2, -0.15) is 0 Å². The van der Waals surface area contributed by atoms with E-state index in [1.165, 1.54) is 30.0 Å². The van der Waals surface area contributed by atoms with Gasteiger partial charge in [0.05, 0.1) is 12.0 Å². The molecule has 0 aromatic heterocycles. The molecule has 0 heterocycles. The van der Waals surface area contributed by atoms with Gasteiger partial charge in [-0.1, -0.05) is 23.9 Å². The predicted molar refractivity (Wildman–Crippen MR) is 75.3 cm³/mol. The van der Waals surface area contributed by atoms with Crippen molar-refractivity contribution in [3.63, 3.8) is 0 Å². The molecule has 21 heavy (non-hydrogen) atoms. The second-order valence-corrected chi connectivity index (χ2v) is 5.41. The smallest absolute Gasteiger partial charge is 0.338 e. The quantitative estimate of drug-likeness (QED) is 0.886. The lowest BCUT2D eigenvalue weighted by atomic mass is 10.2. The Labute approximate surface area is 124 Å². The van der Waals surface area contributed by atoms with Crippen molar-refractivity contribution in [2.45, 2.75) is 16.2 Å². The van der Waals surface area contributed by atoms with Gasteiger partial charge in [-0.05, 0) is 35.9 Å². The lowest BCUT2D eigenvalue weighted by Crippen LogP contribution is -2.00. The number of carboxylic acid groups (broad SMARTS) is 2. The normalized spacial score (nSPS) is 10.3. The van der Waals surface area contributed by atoms with Crippen molar-refractivity contribution >= 4 is 23.7 Å². The van der Waals surface area contributed by atoms with Gasteiger partial charge in [0.25, 0.3) is 0 Å². The summed E-state index contributed by atoms with van der Waals surface area (Å²) >= 11 is 1.27. The minimum Gasteiger partial charge on any atom is -0.481 e. The number of carbonyl (C=O) groups is 2. The maximum absolute atomic E-state index is 13.6. The largest absolute Gasteiger partial charge is 0.481 e. The SMILES string of the molecule is O=C(O)Cc1ccc(Sc2ccc(C(=O)O)c(F)c2)cc1. The fraction of sp³-hybridized carbons (Fsp3) is 0.0667. The maximum Gasteiger partial charge on any atom is 0.338 e. The molecule has 2 rings (SSSR count). The van der Waals surface area contributed by atoms with Crippen LogP contribution in [0.15, 0.2) is 52.3 Å². The van der Waals surface area contributed by atoms with E-state index >= 15 is 0 Å². The zero-order chi connectivity index (χ0) is 15.4. The van der Waals surface area contributed by atoms with Crippen LogP contribution in [0.2, 0.25) is 0 Å². The van der Waals surface area contributed by atoms with Crippen LogP contribution in [-0.2, 0) is 11.2 Å². The Kier molecular flexibility index (Phi) is 4.59. The van der Waals surface area contributed by atoms with Crippen LogP contribution in [0.3, 0.4) is 0 Å². The Balaban J connectivity index is 2.13. The number of aliphatic carboxylic acids is 1. The molecule has 0 saturated heterocycles. The first-order chi connectivity index (χ1) is 9.95. The second-order valence-electron chi connectivity index (χ2n) is 4.26. The predicted octanol–water partition coefficient (Wildman–Crippen LogP) is 3.30. The van der Waals surface area contributed by atoms with Crippen molar-refractivity contribution in [3.05, 3.63) is 59.4 Å². The molecule has 2 aromatic rings. The first kappa shape index (κ1) is 15.1. The molecule has 0 saturated carbocycles. The Hall–Kier alpha value is -2.34. The van der Waals surface area contributed by atoms with Gasteiger partial charge in [-0.15, -0.1) is 0 Å². The Morgan fingerprint density at radius 3 is 2.14 bits per heavy atom. The molecular weight excluding hydrogens is 295 g/mol. The zero-order valence-electron chi connectivity index (χ0n) is 10.7. The van der Waals surface area contributed by atoms with Crippen LogP contribution < -0.4 is 0 Å². The van der Waals surface area contributed by atoms with E-state index in [9.17, 15) is 14.0 Å². The monoisotopic (exact) mass is 306 g/mol. The first-order valence-electron chi connectivity index (χ1n) is 5.97. The van der Waals surface area contributed by atoms with Crippen molar-refractivity contribution < 1.29 is 24.2 Å². The summed E-state index contributed by atoms with van der Waals surface area (Å²) in [6.45, 7) is 0. The van der Waals surface area contributed by atoms with Crippen LogP contribution in [0.1, 0.15) is 15.9 Å². The molecule has 0 unspecified atom stereocenters. The summed E-state index contributed by atoms with van der Waals surface area (Å²) < 4.78 is 13.6. The summed E-state index contributed by atoms with van der Waals surface area (Å²) in [6.07, 6.45) is -0.0487. The maximum atomic E-state index is 13.6. The summed E-state index contributed by atoms with van der Waals surface area (Å²) in [7, 11) is 0. The lowest BCUT2D eigenvalue weighted by Gasteiger charge is -2.04. The highest BCUT2D eigenvalue weighted by Crippen LogP contribution is 2.29. The molecule has 2 aromatic carbocycles. The molecule has 2 N–H and O–H groups in total. The molecule has 0 fully saturated rings. The van der Waals surface area contributed by atoms with Gasteiger partial charge in [-0.25, -0.2) is 9.18 Å². The molecule has 6 heteroatoms. The number of carboxylic acids is 2. The molecule has 0 spiro atoms. The summed E-state index contributed by atoms with van der Waals surface area (Å²) in [4.78, 5) is 22.7. The Morgan fingerprint density at radius 2 is 1.62 bits per heavy atom. The van der Waals surface area contributed by atoms with Crippen molar-refractivity contribution in [2.24, 2.45) is 0 Å². The number of rotatable bonds is 5. The van der Waals surface area contributed by atoms with Crippen LogP contribution in [0.5, 0.6) is 0 Å². The highest BCUT2D eigenvalue weighted by Gasteiger charge is 2.11. The number of hydrogen-bond donors (Lipinski definition) is 2. The van der Waals surface area contributed by atoms with Crippen molar-refractivity contribution in [1.29, 1.82) is 0 Å². The van der Waals surface area contributed by atoms with Crippen LogP contribution in [0.4, 0.5) is 4.39 Å². The van der Waals surface area contributed by atoms with Gasteiger partial charge in [0, 0.05) is 9.79 Å². The molecule has 4 nitrogen and oxygen atoms in total. The first-order valence-corrected chi connectivity index (χ1v) is 6.79. The highest BCUT2D eigenvalue weighted by molar-refractivity contribution is 7.99. The van der Waals surface area contributed by atoms with Crippen LogP contribution >= 0.6 is 11.8 Å². The van der Waals surface area contributed by atoms with Gasteiger partial charge >= 0.3 is 11.9 Å². The van der Waals surface area contributed by atoms with Crippen molar-refractivity contribution in [3.8, 4) is 0 Å². The van der Waals surface area contributed by atoms with E-state index in [0.717, 1.165) is 4.90 Å². The third-order valence-corrected chi connectivity index (χ3v) is 3.68. The molecule has 0 aliphatic rings. The molecule has 0 aliphatic carbocycles. The number of hydrogen-bond acceptors (Lipinski definition) is 3. The Morgan fingerprint density at radius 1 is 1.00 bits per heavy atom. The van der Waals surface area contributed by atoms with Gasteiger partial charge in [-0.3, -0.25) is 4.79 Å². The molecule has 0 amide bonds. The minimum atomic E-state index is -1.30. The third-order valence-electron chi connectivity index (χ3n) is 2.69. The van der Waals surface area contributed by atoms with Gasteiger partial charge in [0.1, 0.15) is 5.82 Å². The molecule has 0 atom stereocenters. The van der Waals surface area contributed by atoms with Gasteiger partial charge in [0.15, 0.2) is 0 Å². The molecule has 0 aliphatic heterocycles. The number of aromatic carboxylic acids is 1. The molecule has 0 bridgehead atoms. The highest BCUT2D eigenvalue weighted by atomic mass is 32.2. The number of halogens is 1. The van der Waals surface area contributed by atoms with Crippen molar-refractivity contribution in [2.75, 3.05) is 0 Å². The standard InChI is InChI=1S/C15H11FO4S/c16-13-8-11(5-6-12(13)15(19)20)21-10-3-1-9(2-4-10)7-14(17)18/h1-6,8H,7H2,(H,17,18)(H,19,20). The van der Waals surface area contributed by atoms with Crippen LogP contribution in [0, 0.1) is 5.82 Å². The average molecular weight is 306 g/mol. The van der Waals surface area contributed by atoms with Crippen molar-refractivity contribution in [1.82, 2.24) is 0 Å². The summed E-state index contributed by atoms with van der Waals surface area (Å²) in [5.74, 6) is -2.99. The topological polar surface area (TPSA) is 74.6 Å². The molecule has 0 radical (unpaired) electrons. The van der Waals surface area contributed by atoms with Gasteiger partial charge < -0.3 is 10.2 Å². The van der Waals surface area contributed by atoms with Crippen LogP contribution in [-0.4, -0.2) is 22.2 Å². The number of benzene rings is 2. The van der Waals surface area contributed by atoms with E-state index in [4.69, 9.17) is 10.2 Å². The molecular formula is C15H11FO4S. The summed E-state index contributed by atoms with van der Waals surface area (Å²) in [6, 6.07) is 10.8. The van der Waals surface area contributed by atoms with E-state index in [1.807, 2.05) is 0 Å². The van der Waals surface area contributed by atoms with E-state index in [2.05, 4.69) is 0 Å². The second kappa shape index (κ2) is 6.41. The molecule has 108 valence electrons. The third kappa shape index (κ3) is 4.06. The fourth-order valence-electron chi connectivity index (χ4n) is 1.72. The fourth-order valence-corrected chi connectivity index (χ4v) is 2.56. The van der Waals surface area contributed by atoms with E-state index in [1.54, 1.807) is 24.3 Å². The van der Waals surface area contributed by atoms with E-state index in [-0.39, 0.29) is 12.0 Å². The van der Waals surface area contributed by atoms with E-state index in [0.29, 0.717) is 10.5 Å². The van der Waals surface area contributed by atoms with Gasteiger partial charge in [0.2, 0.25) is 0 Å². The average Bonchev–Trinajstić information content (AvgIpc) is 2.40. The minimum absolute atomic E-state index is 0.0487. The summed E-state index contributed by atoms with van der Waals surface area (Å²) in [5, 5.41) is 17.4. The summed E-state index contributed by atoms with van der Waals surface area (Å²) in [5.41, 5.74) is 0.315. The van der Waals surface area contributed by atoms with E-state index < -0.39 is 17.8 Å². The lowest BCUT2D eigenvalue weighted by molar-refractivity contribution is -0.136.